The number of amides is 1. The molecule has 0 aromatic carbocycles. The van der Waals surface area contributed by atoms with E-state index in [1.54, 1.807) is 24.4 Å². The molecule has 5 heteroatoms. The summed E-state index contributed by atoms with van der Waals surface area (Å²) < 4.78 is 0. The lowest BCUT2D eigenvalue weighted by Crippen LogP contribution is -2.37. The summed E-state index contributed by atoms with van der Waals surface area (Å²) >= 11 is 5.76. The number of carbonyl (C=O) groups excluding carboxylic acids is 1. The van der Waals surface area contributed by atoms with Crippen LogP contribution in [0.4, 0.5) is 0 Å². The Hall–Kier alpha value is -1.39. The molecule has 0 aliphatic heterocycles. The lowest BCUT2D eigenvalue weighted by atomic mass is 9.93. The smallest absolute Gasteiger partial charge is 0.244 e. The summed E-state index contributed by atoms with van der Waals surface area (Å²) in [6, 6.07) is 3.65. The number of aromatic nitrogens is 1. The second-order valence-electron chi connectivity index (χ2n) is 4.76. The van der Waals surface area contributed by atoms with Crippen LogP contribution in [0.5, 0.6) is 0 Å². The van der Waals surface area contributed by atoms with Crippen LogP contribution in [0, 0.1) is 0 Å². The molecule has 19 heavy (non-hydrogen) atoms. The largest absolute Gasteiger partial charge is 0.393 e. The van der Waals surface area contributed by atoms with Gasteiger partial charge >= 0.3 is 0 Å². The van der Waals surface area contributed by atoms with Crippen molar-refractivity contribution in [2.45, 2.75) is 37.8 Å². The molecule has 1 aliphatic carbocycles. The molecule has 1 aliphatic rings. The molecule has 0 radical (unpaired) electrons. The van der Waals surface area contributed by atoms with Crippen LogP contribution in [0.2, 0.25) is 5.15 Å². The zero-order chi connectivity index (χ0) is 13.7. The van der Waals surface area contributed by atoms with Crippen LogP contribution in [-0.2, 0) is 4.79 Å². The molecular formula is C14H17ClN2O2. The number of nitrogens with zero attached hydrogens (tertiary/aromatic N) is 1. The fourth-order valence-electron chi connectivity index (χ4n) is 2.16. The van der Waals surface area contributed by atoms with E-state index in [0.29, 0.717) is 5.15 Å². The third-order valence-corrected chi connectivity index (χ3v) is 3.43. The van der Waals surface area contributed by atoms with Gasteiger partial charge in [-0.05, 0) is 49.5 Å². The standard InChI is InChI=1S/C14H17ClN2O2/c15-13-9-10(7-8-16-13)1-6-14(19)17-11-2-4-12(18)5-3-11/h1,6-9,11-12,18H,2-5H2,(H,17,19)/b6-1+. The minimum atomic E-state index is -0.206. The molecule has 0 unspecified atom stereocenters. The zero-order valence-corrected chi connectivity index (χ0v) is 11.3. The van der Waals surface area contributed by atoms with Gasteiger partial charge in [0.1, 0.15) is 5.15 Å². The van der Waals surface area contributed by atoms with Crippen LogP contribution in [-0.4, -0.2) is 28.1 Å². The Morgan fingerprint density at radius 1 is 1.42 bits per heavy atom. The lowest BCUT2D eigenvalue weighted by Gasteiger charge is -2.25. The number of carbonyl (C=O) groups is 1. The third kappa shape index (κ3) is 4.65. The van der Waals surface area contributed by atoms with Gasteiger partial charge in [-0.2, -0.15) is 0 Å². The van der Waals surface area contributed by atoms with Crippen LogP contribution in [0.25, 0.3) is 6.08 Å². The van der Waals surface area contributed by atoms with Gasteiger partial charge < -0.3 is 10.4 Å². The van der Waals surface area contributed by atoms with Crippen molar-refractivity contribution in [2.75, 3.05) is 0 Å². The SMILES string of the molecule is O=C(/C=C/c1ccnc(Cl)c1)NC1CCC(O)CC1. The molecule has 0 saturated heterocycles. The lowest BCUT2D eigenvalue weighted by molar-refractivity contribution is -0.117. The summed E-state index contributed by atoms with van der Waals surface area (Å²) in [4.78, 5) is 15.6. The zero-order valence-electron chi connectivity index (χ0n) is 10.6. The average molecular weight is 281 g/mol. The molecule has 1 saturated carbocycles. The fourth-order valence-corrected chi connectivity index (χ4v) is 2.34. The Labute approximate surface area is 117 Å². The third-order valence-electron chi connectivity index (χ3n) is 3.22. The van der Waals surface area contributed by atoms with Crippen molar-refractivity contribution in [1.82, 2.24) is 10.3 Å². The molecule has 2 N–H and O–H groups in total. The first-order valence-electron chi connectivity index (χ1n) is 6.41. The Morgan fingerprint density at radius 3 is 2.84 bits per heavy atom. The van der Waals surface area contributed by atoms with Gasteiger partial charge in [-0.15, -0.1) is 0 Å². The first-order valence-corrected chi connectivity index (χ1v) is 6.79. The maximum Gasteiger partial charge on any atom is 0.244 e. The Kier molecular flexibility index (Phi) is 4.93. The Morgan fingerprint density at radius 2 is 2.16 bits per heavy atom. The summed E-state index contributed by atoms with van der Waals surface area (Å²) in [7, 11) is 0. The molecule has 1 aromatic rings. The molecule has 0 atom stereocenters. The maximum atomic E-state index is 11.7. The molecule has 1 fully saturated rings. The molecule has 1 heterocycles. The van der Waals surface area contributed by atoms with Gasteiger partial charge in [-0.3, -0.25) is 4.79 Å². The van der Waals surface area contributed by atoms with Crippen molar-refractivity contribution in [3.63, 3.8) is 0 Å². The number of halogens is 1. The summed E-state index contributed by atoms with van der Waals surface area (Å²) in [5, 5.41) is 12.7. The van der Waals surface area contributed by atoms with Crippen LogP contribution < -0.4 is 5.32 Å². The van der Waals surface area contributed by atoms with Crippen LogP contribution >= 0.6 is 11.6 Å². The van der Waals surface area contributed by atoms with Crippen molar-refractivity contribution >= 4 is 23.6 Å². The highest BCUT2D eigenvalue weighted by Gasteiger charge is 2.19. The van der Waals surface area contributed by atoms with Crippen LogP contribution in [0.1, 0.15) is 31.2 Å². The molecule has 0 spiro atoms. The predicted octanol–water partition coefficient (Wildman–Crippen LogP) is 2.17. The predicted molar refractivity (Wildman–Crippen MR) is 74.7 cm³/mol. The number of aliphatic hydroxyl groups is 1. The van der Waals surface area contributed by atoms with Crippen LogP contribution in [0.3, 0.4) is 0 Å². The first kappa shape index (κ1) is 14.0. The van der Waals surface area contributed by atoms with E-state index in [0.717, 1.165) is 31.2 Å². The quantitative estimate of drug-likeness (QED) is 0.659. The molecule has 4 nitrogen and oxygen atoms in total. The van der Waals surface area contributed by atoms with Crippen molar-refractivity contribution in [1.29, 1.82) is 0 Å². The monoisotopic (exact) mass is 280 g/mol. The Balaban J connectivity index is 1.84. The summed E-state index contributed by atoms with van der Waals surface area (Å²) in [6.45, 7) is 0. The maximum absolute atomic E-state index is 11.7. The van der Waals surface area contributed by atoms with E-state index in [9.17, 15) is 9.90 Å². The second-order valence-corrected chi connectivity index (χ2v) is 5.15. The fraction of sp³-hybridized carbons (Fsp3) is 0.429. The molecule has 1 aromatic heterocycles. The number of hydrogen-bond donors (Lipinski definition) is 2. The second kappa shape index (κ2) is 6.68. The minimum Gasteiger partial charge on any atom is -0.393 e. The van der Waals surface area contributed by atoms with Gasteiger partial charge in [0.05, 0.1) is 6.10 Å². The van der Waals surface area contributed by atoms with E-state index in [1.165, 1.54) is 6.08 Å². The van der Waals surface area contributed by atoms with Crippen molar-refractivity contribution in [3.8, 4) is 0 Å². The molecule has 1 amide bonds. The summed E-state index contributed by atoms with van der Waals surface area (Å²) in [6.07, 6.45) is 7.79. The topological polar surface area (TPSA) is 62.2 Å². The Bertz CT molecular complexity index is 468. The molecule has 2 rings (SSSR count). The van der Waals surface area contributed by atoms with E-state index in [-0.39, 0.29) is 18.1 Å². The van der Waals surface area contributed by atoms with E-state index in [4.69, 9.17) is 11.6 Å². The summed E-state index contributed by atoms with van der Waals surface area (Å²) in [5.41, 5.74) is 0.842. The molecule has 0 bridgehead atoms. The molecular weight excluding hydrogens is 264 g/mol. The van der Waals surface area contributed by atoms with Gasteiger partial charge in [0.2, 0.25) is 5.91 Å². The van der Waals surface area contributed by atoms with Gasteiger partial charge in [0.25, 0.3) is 0 Å². The van der Waals surface area contributed by atoms with Gasteiger partial charge in [0, 0.05) is 18.3 Å². The number of pyridine rings is 1. The van der Waals surface area contributed by atoms with E-state index in [2.05, 4.69) is 10.3 Å². The number of hydrogen-bond acceptors (Lipinski definition) is 3. The van der Waals surface area contributed by atoms with Crippen molar-refractivity contribution < 1.29 is 9.90 Å². The first-order chi connectivity index (χ1) is 9.13. The van der Waals surface area contributed by atoms with E-state index in [1.807, 2.05) is 0 Å². The van der Waals surface area contributed by atoms with Gasteiger partial charge in [0.15, 0.2) is 0 Å². The average Bonchev–Trinajstić information content (AvgIpc) is 2.39. The van der Waals surface area contributed by atoms with Gasteiger partial charge in [-0.25, -0.2) is 4.98 Å². The number of nitrogens with one attached hydrogen (secondary N) is 1. The van der Waals surface area contributed by atoms with Crippen molar-refractivity contribution in [3.05, 3.63) is 35.1 Å². The molecule has 102 valence electrons. The summed E-state index contributed by atoms with van der Waals surface area (Å²) in [5.74, 6) is -0.116. The minimum absolute atomic E-state index is 0.116. The van der Waals surface area contributed by atoms with Gasteiger partial charge in [-0.1, -0.05) is 11.6 Å². The highest BCUT2D eigenvalue weighted by molar-refractivity contribution is 6.29. The van der Waals surface area contributed by atoms with E-state index >= 15 is 0 Å². The highest BCUT2D eigenvalue weighted by atomic mass is 35.5. The van der Waals surface area contributed by atoms with Crippen molar-refractivity contribution in [2.24, 2.45) is 0 Å². The van der Waals surface area contributed by atoms with E-state index < -0.39 is 0 Å². The normalized spacial score (nSPS) is 23.5. The van der Waals surface area contributed by atoms with Crippen LogP contribution in [0.15, 0.2) is 24.4 Å². The highest BCUT2D eigenvalue weighted by Crippen LogP contribution is 2.18. The number of aliphatic hydroxyl groups excluding tert-OH is 1. The number of rotatable bonds is 3.